The molecule has 4 heteroatoms. The molecule has 0 amide bonds. The van der Waals surface area contributed by atoms with E-state index in [0.717, 1.165) is 38.2 Å². The third kappa shape index (κ3) is 4.67. The fourth-order valence-corrected chi connectivity index (χ4v) is 2.97. The number of benzene rings is 1. The van der Waals surface area contributed by atoms with Gasteiger partial charge in [0.2, 0.25) is 0 Å². The van der Waals surface area contributed by atoms with Crippen molar-refractivity contribution in [1.82, 2.24) is 5.32 Å². The van der Waals surface area contributed by atoms with Crippen LogP contribution in [0, 0.1) is 23.5 Å². The van der Waals surface area contributed by atoms with Crippen LogP contribution in [0.1, 0.15) is 33.6 Å². The van der Waals surface area contributed by atoms with Gasteiger partial charge in [0.25, 0.3) is 0 Å². The Hall–Kier alpha value is -1.16. The van der Waals surface area contributed by atoms with Crippen LogP contribution in [0.3, 0.4) is 0 Å². The number of hydrogen-bond donors (Lipinski definition) is 1. The molecule has 1 fully saturated rings. The largest absolute Gasteiger partial charge is 0.370 e. The van der Waals surface area contributed by atoms with Crippen LogP contribution >= 0.6 is 0 Å². The minimum Gasteiger partial charge on any atom is -0.370 e. The second-order valence-corrected chi connectivity index (χ2v) is 6.68. The summed E-state index contributed by atoms with van der Waals surface area (Å²) >= 11 is 0. The predicted octanol–water partition coefficient (Wildman–Crippen LogP) is 3.82. The van der Waals surface area contributed by atoms with Crippen LogP contribution < -0.4 is 10.2 Å². The minimum absolute atomic E-state index is 0.417. The first-order valence-corrected chi connectivity index (χ1v) is 7.89. The molecule has 0 saturated carbocycles. The number of hydrogen-bond acceptors (Lipinski definition) is 2. The fraction of sp³-hybridized carbons (Fsp3) is 0.647. The highest BCUT2D eigenvalue weighted by molar-refractivity contribution is 5.47. The van der Waals surface area contributed by atoms with E-state index < -0.39 is 11.6 Å². The molecule has 1 saturated heterocycles. The summed E-state index contributed by atoms with van der Waals surface area (Å²) in [5.41, 5.74) is 0.774. The van der Waals surface area contributed by atoms with E-state index in [1.165, 1.54) is 12.1 Å². The summed E-state index contributed by atoms with van der Waals surface area (Å²) < 4.78 is 26.5. The maximum Gasteiger partial charge on any atom is 0.160 e. The Morgan fingerprint density at radius 1 is 1.24 bits per heavy atom. The monoisotopic (exact) mass is 296 g/mol. The fourth-order valence-electron chi connectivity index (χ4n) is 2.97. The molecule has 1 aliphatic heterocycles. The van der Waals surface area contributed by atoms with E-state index in [9.17, 15) is 8.78 Å². The van der Waals surface area contributed by atoms with E-state index in [2.05, 4.69) is 31.0 Å². The molecule has 118 valence electrons. The molecule has 2 unspecified atom stereocenters. The third-order valence-corrected chi connectivity index (χ3v) is 4.08. The summed E-state index contributed by atoms with van der Waals surface area (Å²) in [6.45, 7) is 9.42. The molecule has 21 heavy (non-hydrogen) atoms. The van der Waals surface area contributed by atoms with Crippen molar-refractivity contribution >= 4 is 5.69 Å². The van der Waals surface area contributed by atoms with Gasteiger partial charge in [-0.2, -0.15) is 0 Å². The number of halogens is 2. The summed E-state index contributed by atoms with van der Waals surface area (Å²) in [5.74, 6) is -0.310. The Balaban J connectivity index is 1.98. The summed E-state index contributed by atoms with van der Waals surface area (Å²) in [6.07, 6.45) is 2.30. The molecule has 1 aromatic rings. The van der Waals surface area contributed by atoms with Crippen molar-refractivity contribution in [3.8, 4) is 0 Å². The van der Waals surface area contributed by atoms with Crippen molar-refractivity contribution in [2.45, 2.75) is 39.7 Å². The Bertz CT molecular complexity index is 462. The topological polar surface area (TPSA) is 15.3 Å². The molecule has 1 heterocycles. The molecule has 2 rings (SSSR count). The van der Waals surface area contributed by atoms with Crippen LogP contribution in [-0.4, -0.2) is 25.7 Å². The first-order valence-electron chi connectivity index (χ1n) is 7.89. The van der Waals surface area contributed by atoms with Gasteiger partial charge >= 0.3 is 0 Å². The quantitative estimate of drug-likeness (QED) is 0.888. The van der Waals surface area contributed by atoms with Crippen molar-refractivity contribution in [2.75, 3.05) is 24.5 Å². The van der Waals surface area contributed by atoms with Gasteiger partial charge in [-0.25, -0.2) is 8.78 Å². The summed E-state index contributed by atoms with van der Waals surface area (Å²) in [6, 6.07) is 4.60. The lowest BCUT2D eigenvalue weighted by Crippen LogP contribution is -2.49. The Morgan fingerprint density at radius 3 is 2.67 bits per heavy atom. The third-order valence-electron chi connectivity index (χ3n) is 4.08. The maximum atomic E-state index is 13.4. The average Bonchev–Trinajstić information content (AvgIpc) is 2.41. The van der Waals surface area contributed by atoms with Crippen LogP contribution in [0.4, 0.5) is 14.5 Å². The standard InChI is InChI=1S/C17H26F2N2/c1-12(2)6-7-20-14-8-13(3)10-21(11-14)15-4-5-16(18)17(19)9-15/h4-5,9,12-14,20H,6-8,10-11H2,1-3H3. The highest BCUT2D eigenvalue weighted by Gasteiger charge is 2.25. The minimum atomic E-state index is -0.782. The second kappa shape index (κ2) is 7.21. The van der Waals surface area contributed by atoms with Crippen molar-refractivity contribution in [3.05, 3.63) is 29.8 Å². The van der Waals surface area contributed by atoms with E-state index in [0.29, 0.717) is 17.9 Å². The number of anilines is 1. The van der Waals surface area contributed by atoms with Crippen LogP contribution in [0.5, 0.6) is 0 Å². The molecular weight excluding hydrogens is 270 g/mol. The Morgan fingerprint density at radius 2 is 2.00 bits per heavy atom. The van der Waals surface area contributed by atoms with Crippen LogP contribution in [0.2, 0.25) is 0 Å². The molecule has 2 atom stereocenters. The van der Waals surface area contributed by atoms with Gasteiger partial charge in [-0.1, -0.05) is 20.8 Å². The normalized spacial score (nSPS) is 22.9. The molecule has 0 aliphatic carbocycles. The van der Waals surface area contributed by atoms with Gasteiger partial charge in [0.1, 0.15) is 0 Å². The van der Waals surface area contributed by atoms with Gasteiger partial charge < -0.3 is 10.2 Å². The number of piperidine rings is 1. The molecule has 0 spiro atoms. The van der Waals surface area contributed by atoms with Gasteiger partial charge in [0, 0.05) is 30.9 Å². The molecule has 0 aromatic heterocycles. The van der Waals surface area contributed by atoms with Gasteiger partial charge in [-0.05, 0) is 43.4 Å². The molecular formula is C17H26F2N2. The molecule has 1 aromatic carbocycles. The molecule has 0 bridgehead atoms. The molecule has 0 radical (unpaired) electrons. The molecule has 1 N–H and O–H groups in total. The van der Waals surface area contributed by atoms with Crippen LogP contribution in [0.25, 0.3) is 0 Å². The van der Waals surface area contributed by atoms with Crippen LogP contribution in [0.15, 0.2) is 18.2 Å². The van der Waals surface area contributed by atoms with Crippen molar-refractivity contribution in [2.24, 2.45) is 11.8 Å². The van der Waals surface area contributed by atoms with Crippen molar-refractivity contribution in [3.63, 3.8) is 0 Å². The van der Waals surface area contributed by atoms with E-state index in [1.807, 2.05) is 0 Å². The predicted molar refractivity (Wildman–Crippen MR) is 83.6 cm³/mol. The SMILES string of the molecule is CC(C)CCNC1CC(C)CN(c2ccc(F)c(F)c2)C1. The Labute approximate surface area is 126 Å². The molecule has 1 aliphatic rings. The van der Waals surface area contributed by atoms with E-state index in [4.69, 9.17) is 0 Å². The van der Waals surface area contributed by atoms with E-state index >= 15 is 0 Å². The van der Waals surface area contributed by atoms with E-state index in [1.54, 1.807) is 6.07 Å². The van der Waals surface area contributed by atoms with E-state index in [-0.39, 0.29) is 0 Å². The second-order valence-electron chi connectivity index (χ2n) is 6.68. The van der Waals surface area contributed by atoms with Gasteiger partial charge in [-0.3, -0.25) is 0 Å². The van der Waals surface area contributed by atoms with Gasteiger partial charge in [0.05, 0.1) is 0 Å². The lowest BCUT2D eigenvalue weighted by atomic mass is 9.95. The van der Waals surface area contributed by atoms with Crippen LogP contribution in [-0.2, 0) is 0 Å². The lowest BCUT2D eigenvalue weighted by Gasteiger charge is -2.38. The number of nitrogens with zero attached hydrogens (tertiary/aromatic N) is 1. The highest BCUT2D eigenvalue weighted by atomic mass is 19.2. The lowest BCUT2D eigenvalue weighted by molar-refractivity contribution is 0.344. The van der Waals surface area contributed by atoms with Gasteiger partial charge in [-0.15, -0.1) is 0 Å². The van der Waals surface area contributed by atoms with Crippen molar-refractivity contribution in [1.29, 1.82) is 0 Å². The van der Waals surface area contributed by atoms with Gasteiger partial charge in [0.15, 0.2) is 11.6 Å². The highest BCUT2D eigenvalue weighted by Crippen LogP contribution is 2.24. The zero-order valence-corrected chi connectivity index (χ0v) is 13.2. The molecule has 2 nitrogen and oxygen atoms in total. The maximum absolute atomic E-state index is 13.4. The Kier molecular flexibility index (Phi) is 5.57. The summed E-state index contributed by atoms with van der Waals surface area (Å²) in [5, 5.41) is 3.60. The zero-order chi connectivity index (χ0) is 15.4. The zero-order valence-electron chi connectivity index (χ0n) is 13.2. The number of nitrogens with one attached hydrogen (secondary N) is 1. The summed E-state index contributed by atoms with van der Waals surface area (Å²) in [7, 11) is 0. The average molecular weight is 296 g/mol. The van der Waals surface area contributed by atoms with Crippen molar-refractivity contribution < 1.29 is 8.78 Å². The first-order chi connectivity index (χ1) is 9.95. The summed E-state index contributed by atoms with van der Waals surface area (Å²) in [4.78, 5) is 2.16. The smallest absolute Gasteiger partial charge is 0.160 e. The first kappa shape index (κ1) is 16.2. The number of rotatable bonds is 5.